The van der Waals surface area contributed by atoms with Gasteiger partial charge in [0.15, 0.2) is 17.1 Å². The van der Waals surface area contributed by atoms with Crippen LogP contribution in [0.2, 0.25) is 0 Å². The van der Waals surface area contributed by atoms with E-state index in [4.69, 9.17) is 14.2 Å². The molecular formula is C25H24N6O5. The lowest BCUT2D eigenvalue weighted by Gasteiger charge is -2.30. The average molecular weight is 489 g/mol. The Kier molecular flexibility index (Phi) is 5.70. The Morgan fingerprint density at radius 3 is 2.81 bits per heavy atom. The number of hydrogen-bond donors (Lipinski definition) is 2. The Labute approximate surface area is 205 Å². The number of aromatic nitrogens is 5. The van der Waals surface area contributed by atoms with Gasteiger partial charge in [0.05, 0.1) is 43.2 Å². The van der Waals surface area contributed by atoms with Crippen LogP contribution in [0, 0.1) is 0 Å². The van der Waals surface area contributed by atoms with E-state index < -0.39 is 6.10 Å². The third kappa shape index (κ3) is 4.12. The summed E-state index contributed by atoms with van der Waals surface area (Å²) in [5.74, 6) is 1.71. The van der Waals surface area contributed by atoms with Crippen molar-refractivity contribution in [3.05, 3.63) is 70.2 Å². The molecule has 0 aromatic carbocycles. The van der Waals surface area contributed by atoms with Crippen molar-refractivity contribution < 1.29 is 19.3 Å². The highest BCUT2D eigenvalue weighted by Crippen LogP contribution is 2.29. The molecule has 4 aromatic heterocycles. The van der Waals surface area contributed by atoms with Crippen LogP contribution in [0.5, 0.6) is 17.4 Å². The van der Waals surface area contributed by atoms with Crippen LogP contribution < -0.4 is 25.1 Å². The zero-order chi connectivity index (χ0) is 24.6. The molecule has 1 aliphatic carbocycles. The van der Waals surface area contributed by atoms with Crippen molar-refractivity contribution >= 4 is 11.2 Å². The van der Waals surface area contributed by atoms with E-state index in [0.29, 0.717) is 66.8 Å². The minimum Gasteiger partial charge on any atom is -0.486 e. The van der Waals surface area contributed by atoms with Crippen molar-refractivity contribution in [3.63, 3.8) is 0 Å². The maximum absolute atomic E-state index is 12.7. The summed E-state index contributed by atoms with van der Waals surface area (Å²) in [4.78, 5) is 30.4. The zero-order valence-electron chi connectivity index (χ0n) is 19.5. The van der Waals surface area contributed by atoms with E-state index in [-0.39, 0.29) is 11.6 Å². The Hall–Kier alpha value is -4.09. The normalized spacial score (nSPS) is 18.6. The number of pyridine rings is 3. The molecule has 6 rings (SSSR count). The second-order valence-corrected chi connectivity index (χ2v) is 8.71. The van der Waals surface area contributed by atoms with Crippen LogP contribution in [0.1, 0.15) is 17.0 Å². The number of rotatable bonds is 5. The Morgan fingerprint density at radius 1 is 1.08 bits per heavy atom. The molecule has 2 N–H and O–H groups in total. The molecule has 4 aromatic rings. The summed E-state index contributed by atoms with van der Waals surface area (Å²) in [6.07, 6.45) is 4.89. The molecule has 1 aliphatic heterocycles. The fraction of sp³-hybridized carbons (Fsp3) is 0.320. The first-order chi connectivity index (χ1) is 17.6. The first kappa shape index (κ1) is 22.4. The number of nitrogens with one attached hydrogen (secondary N) is 1. The Morgan fingerprint density at radius 2 is 1.94 bits per heavy atom. The summed E-state index contributed by atoms with van der Waals surface area (Å²) < 4.78 is 17.8. The monoisotopic (exact) mass is 488 g/mol. The maximum Gasteiger partial charge on any atom is 0.275 e. The molecule has 11 nitrogen and oxygen atoms in total. The number of methoxy groups -OCH3 is 1. The number of fused-ring (bicyclic) bond motifs is 3. The lowest BCUT2D eigenvalue weighted by molar-refractivity contribution is 0.117. The summed E-state index contributed by atoms with van der Waals surface area (Å²) in [7, 11) is 1.52. The van der Waals surface area contributed by atoms with Crippen LogP contribution in [0.4, 0.5) is 0 Å². The molecule has 0 bridgehead atoms. The molecule has 0 spiro atoms. The molecule has 0 saturated carbocycles. The van der Waals surface area contributed by atoms with Gasteiger partial charge in [-0.15, -0.1) is 0 Å². The first-order valence-electron chi connectivity index (χ1n) is 11.7. The number of aliphatic hydroxyl groups excluding tert-OH is 1. The number of hydrogen-bond acceptors (Lipinski definition) is 10. The second kappa shape index (κ2) is 9.17. The summed E-state index contributed by atoms with van der Waals surface area (Å²) >= 11 is 0. The van der Waals surface area contributed by atoms with Crippen molar-refractivity contribution in [3.8, 4) is 23.1 Å². The van der Waals surface area contributed by atoms with E-state index in [0.717, 1.165) is 17.0 Å². The first-order valence-corrected chi connectivity index (χ1v) is 11.7. The van der Waals surface area contributed by atoms with Gasteiger partial charge in [0, 0.05) is 43.3 Å². The number of aliphatic hydroxyl groups is 1. The molecule has 0 unspecified atom stereocenters. The summed E-state index contributed by atoms with van der Waals surface area (Å²) in [6, 6.07) is 6.99. The lowest BCUT2D eigenvalue weighted by atomic mass is 9.89. The SMILES string of the molecule is COc1ccc2ncc(=O)n(-c3cnc4c(c3)C[C@@H](O)[C@@H](NCc3cc5c(cn3)OCCO5)C4)c2n1. The van der Waals surface area contributed by atoms with Crippen molar-refractivity contribution in [1.82, 2.24) is 29.8 Å². The molecule has 2 aliphatic rings. The molecule has 0 fully saturated rings. The van der Waals surface area contributed by atoms with Gasteiger partial charge in [0.25, 0.3) is 5.56 Å². The third-order valence-electron chi connectivity index (χ3n) is 6.43. The van der Waals surface area contributed by atoms with E-state index in [9.17, 15) is 9.90 Å². The van der Waals surface area contributed by atoms with Crippen LogP contribution in [0.15, 0.2) is 47.7 Å². The summed E-state index contributed by atoms with van der Waals surface area (Å²) in [5.41, 5.74) is 3.73. The predicted octanol–water partition coefficient (Wildman–Crippen LogP) is 0.968. The fourth-order valence-corrected chi connectivity index (χ4v) is 4.59. The van der Waals surface area contributed by atoms with Gasteiger partial charge >= 0.3 is 0 Å². The highest BCUT2D eigenvalue weighted by Gasteiger charge is 2.28. The van der Waals surface area contributed by atoms with Gasteiger partial charge in [-0.1, -0.05) is 0 Å². The van der Waals surface area contributed by atoms with E-state index >= 15 is 0 Å². The molecule has 36 heavy (non-hydrogen) atoms. The van der Waals surface area contributed by atoms with Gasteiger partial charge in [-0.05, 0) is 17.7 Å². The van der Waals surface area contributed by atoms with Crippen molar-refractivity contribution in [1.29, 1.82) is 0 Å². The van der Waals surface area contributed by atoms with Gasteiger partial charge in [-0.25, -0.2) is 4.98 Å². The van der Waals surface area contributed by atoms with E-state index in [1.165, 1.54) is 17.9 Å². The zero-order valence-corrected chi connectivity index (χ0v) is 19.5. The minimum atomic E-state index is -0.629. The standard InChI is InChI=1S/C25H24N6O5/c1-34-23-3-2-17-25(30-23)31(24(33)13-29-17)16-6-14-7-20(32)19(9-18(14)28-11-16)27-10-15-8-21-22(12-26-15)36-5-4-35-21/h2-3,6,8,11-13,19-20,27,32H,4-5,7,9-10H2,1H3/t19-,20+/m0/s1. The number of nitrogens with zero attached hydrogens (tertiary/aromatic N) is 5. The summed E-state index contributed by atoms with van der Waals surface area (Å²) in [5, 5.41) is 14.3. The van der Waals surface area contributed by atoms with E-state index in [1.807, 2.05) is 12.1 Å². The minimum absolute atomic E-state index is 0.193. The topological polar surface area (TPSA) is 134 Å². The molecule has 0 radical (unpaired) electrons. The molecule has 0 amide bonds. The van der Waals surface area contributed by atoms with Gasteiger partial charge in [0.1, 0.15) is 18.7 Å². The molecule has 2 atom stereocenters. The van der Waals surface area contributed by atoms with Crippen molar-refractivity contribution in [2.24, 2.45) is 0 Å². The van der Waals surface area contributed by atoms with Crippen molar-refractivity contribution in [2.75, 3.05) is 20.3 Å². The maximum atomic E-state index is 12.7. The van der Waals surface area contributed by atoms with Crippen LogP contribution >= 0.6 is 0 Å². The highest BCUT2D eigenvalue weighted by molar-refractivity contribution is 5.72. The summed E-state index contributed by atoms with van der Waals surface area (Å²) in [6.45, 7) is 1.50. The van der Waals surface area contributed by atoms with Crippen molar-refractivity contribution in [2.45, 2.75) is 31.5 Å². The Balaban J connectivity index is 1.24. The third-order valence-corrected chi connectivity index (χ3v) is 6.43. The van der Waals surface area contributed by atoms with Gasteiger partial charge in [-0.3, -0.25) is 19.3 Å². The van der Waals surface area contributed by atoms with E-state index in [2.05, 4.69) is 25.3 Å². The smallest absolute Gasteiger partial charge is 0.275 e. The quantitative estimate of drug-likeness (QED) is 0.419. The largest absolute Gasteiger partial charge is 0.486 e. The molecule has 184 valence electrons. The van der Waals surface area contributed by atoms with Crippen LogP contribution in [-0.4, -0.2) is 62.1 Å². The van der Waals surface area contributed by atoms with Crippen LogP contribution in [-0.2, 0) is 19.4 Å². The molecular weight excluding hydrogens is 464 g/mol. The van der Waals surface area contributed by atoms with Gasteiger partial charge in [0.2, 0.25) is 5.88 Å². The second-order valence-electron chi connectivity index (χ2n) is 8.71. The van der Waals surface area contributed by atoms with Crippen LogP contribution in [0.3, 0.4) is 0 Å². The van der Waals surface area contributed by atoms with Crippen LogP contribution in [0.25, 0.3) is 16.9 Å². The highest BCUT2D eigenvalue weighted by atomic mass is 16.6. The Bertz CT molecular complexity index is 1510. The molecule has 11 heteroatoms. The van der Waals surface area contributed by atoms with Gasteiger partial charge in [-0.2, -0.15) is 4.98 Å². The molecule has 0 saturated heterocycles. The van der Waals surface area contributed by atoms with E-state index in [1.54, 1.807) is 24.5 Å². The molecule has 5 heterocycles. The predicted molar refractivity (Wildman–Crippen MR) is 129 cm³/mol. The average Bonchev–Trinajstić information content (AvgIpc) is 2.91. The van der Waals surface area contributed by atoms with Gasteiger partial charge < -0.3 is 24.6 Å². The fourth-order valence-electron chi connectivity index (χ4n) is 4.59. The number of ether oxygens (including phenoxy) is 3. The lowest BCUT2D eigenvalue weighted by Crippen LogP contribution is -2.45.